The second-order valence-electron chi connectivity index (χ2n) is 5.58. The highest BCUT2D eigenvalue weighted by atomic mass is 16.5. The molecule has 0 atom stereocenters. The Balaban J connectivity index is 2.56. The van der Waals surface area contributed by atoms with Crippen LogP contribution in [0.3, 0.4) is 0 Å². The average molecular weight is 366 g/mol. The molecule has 0 fully saturated rings. The van der Waals surface area contributed by atoms with Crippen molar-refractivity contribution in [2.75, 3.05) is 26.1 Å². The number of nitriles is 1. The van der Waals surface area contributed by atoms with Crippen LogP contribution in [0.1, 0.15) is 25.0 Å². The third-order valence-electron chi connectivity index (χ3n) is 3.80. The maximum absolute atomic E-state index is 11.5. The van der Waals surface area contributed by atoms with E-state index in [1.807, 2.05) is 25.1 Å². The number of methoxy groups -OCH3 is 2. The van der Waals surface area contributed by atoms with E-state index in [2.05, 4.69) is 11.4 Å². The van der Waals surface area contributed by atoms with Crippen molar-refractivity contribution in [1.29, 1.82) is 5.26 Å². The Bertz CT molecular complexity index is 898. The number of carbonyl (C=O) groups excluding carboxylic acids is 1. The molecule has 0 bridgehead atoms. The molecule has 0 aliphatic rings. The van der Waals surface area contributed by atoms with Crippen LogP contribution in [0.2, 0.25) is 0 Å². The number of rotatable bonds is 7. The molecular formula is C21H22N2O4. The Labute approximate surface area is 159 Å². The summed E-state index contributed by atoms with van der Waals surface area (Å²) in [5.74, 6) is 1.54. The van der Waals surface area contributed by atoms with Gasteiger partial charge >= 0.3 is 0 Å². The Morgan fingerprint density at radius 3 is 2.26 bits per heavy atom. The van der Waals surface area contributed by atoms with E-state index in [1.165, 1.54) is 20.1 Å². The van der Waals surface area contributed by atoms with Gasteiger partial charge in [-0.1, -0.05) is 12.1 Å². The number of benzene rings is 2. The third-order valence-corrected chi connectivity index (χ3v) is 3.80. The van der Waals surface area contributed by atoms with Gasteiger partial charge in [-0.2, -0.15) is 5.26 Å². The van der Waals surface area contributed by atoms with E-state index in [0.717, 1.165) is 11.1 Å². The van der Waals surface area contributed by atoms with E-state index >= 15 is 0 Å². The van der Waals surface area contributed by atoms with Crippen LogP contribution in [0.5, 0.6) is 17.2 Å². The van der Waals surface area contributed by atoms with Crippen molar-refractivity contribution in [3.63, 3.8) is 0 Å². The summed E-state index contributed by atoms with van der Waals surface area (Å²) in [7, 11) is 3.11. The predicted octanol–water partition coefficient (Wildman–Crippen LogP) is 4.02. The standard InChI is InChI=1S/C21H22N2O4/c1-5-27-21-13-16(7-9-20(21)26-4)17(10-11-22)15-6-8-19(25-3)18(12-15)23-14(2)24/h6-10,12-13H,5H2,1-4H3,(H,23,24). The lowest BCUT2D eigenvalue weighted by molar-refractivity contribution is -0.114. The van der Waals surface area contributed by atoms with Gasteiger partial charge in [0.1, 0.15) is 5.75 Å². The van der Waals surface area contributed by atoms with Gasteiger partial charge in [0.2, 0.25) is 5.91 Å². The van der Waals surface area contributed by atoms with E-state index in [4.69, 9.17) is 14.2 Å². The maximum Gasteiger partial charge on any atom is 0.221 e. The zero-order chi connectivity index (χ0) is 19.8. The maximum atomic E-state index is 11.5. The molecule has 2 aromatic rings. The molecule has 6 heteroatoms. The summed E-state index contributed by atoms with van der Waals surface area (Å²) in [6.45, 7) is 3.81. The van der Waals surface area contributed by atoms with Gasteiger partial charge < -0.3 is 19.5 Å². The number of allylic oxidation sites excluding steroid dienone is 1. The first kappa shape index (κ1) is 19.9. The van der Waals surface area contributed by atoms with Crippen LogP contribution in [-0.4, -0.2) is 26.7 Å². The molecule has 1 N–H and O–H groups in total. The Morgan fingerprint density at radius 1 is 1.07 bits per heavy atom. The number of amides is 1. The van der Waals surface area contributed by atoms with Crippen LogP contribution in [0.15, 0.2) is 42.5 Å². The first-order chi connectivity index (χ1) is 13.0. The second kappa shape index (κ2) is 9.30. The molecule has 140 valence electrons. The van der Waals surface area contributed by atoms with Gasteiger partial charge in [-0.15, -0.1) is 0 Å². The number of hydrogen-bond acceptors (Lipinski definition) is 5. The quantitative estimate of drug-likeness (QED) is 0.749. The van der Waals surface area contributed by atoms with Crippen LogP contribution < -0.4 is 19.5 Å². The topological polar surface area (TPSA) is 80.6 Å². The molecule has 0 radical (unpaired) electrons. The molecule has 0 aliphatic carbocycles. The van der Waals surface area contributed by atoms with Gasteiger partial charge in [-0.05, 0) is 47.9 Å². The molecular weight excluding hydrogens is 344 g/mol. The molecule has 0 saturated carbocycles. The molecule has 0 spiro atoms. The van der Waals surface area contributed by atoms with Crippen molar-refractivity contribution in [3.05, 3.63) is 53.6 Å². The monoisotopic (exact) mass is 366 g/mol. The number of nitrogens with zero attached hydrogens (tertiary/aromatic N) is 1. The fourth-order valence-corrected chi connectivity index (χ4v) is 2.67. The lowest BCUT2D eigenvalue weighted by atomic mass is 9.96. The first-order valence-electron chi connectivity index (χ1n) is 8.41. The van der Waals surface area contributed by atoms with Gasteiger partial charge in [0.15, 0.2) is 11.5 Å². The van der Waals surface area contributed by atoms with Crippen molar-refractivity contribution in [3.8, 4) is 23.3 Å². The number of hydrogen-bond donors (Lipinski definition) is 1. The molecule has 1 amide bonds. The van der Waals surface area contributed by atoms with Crippen LogP contribution in [-0.2, 0) is 4.79 Å². The van der Waals surface area contributed by atoms with Crippen molar-refractivity contribution < 1.29 is 19.0 Å². The molecule has 0 aliphatic heterocycles. The SMILES string of the molecule is CCOc1cc(C(=CC#N)c2ccc(OC)c(NC(C)=O)c2)ccc1OC. The molecule has 2 rings (SSSR count). The fourth-order valence-electron chi connectivity index (χ4n) is 2.67. The predicted molar refractivity (Wildman–Crippen MR) is 104 cm³/mol. The van der Waals surface area contributed by atoms with Crippen molar-refractivity contribution in [1.82, 2.24) is 0 Å². The van der Waals surface area contributed by atoms with Gasteiger partial charge in [-0.3, -0.25) is 4.79 Å². The van der Waals surface area contributed by atoms with Gasteiger partial charge in [0, 0.05) is 13.0 Å². The van der Waals surface area contributed by atoms with Crippen LogP contribution >= 0.6 is 0 Å². The highest BCUT2D eigenvalue weighted by molar-refractivity contribution is 5.92. The fraction of sp³-hybridized carbons (Fsp3) is 0.238. The Kier molecular flexibility index (Phi) is 6.84. The molecule has 0 saturated heterocycles. The Hall–Kier alpha value is -3.46. The van der Waals surface area contributed by atoms with Crippen LogP contribution in [0.25, 0.3) is 5.57 Å². The highest BCUT2D eigenvalue weighted by Crippen LogP contribution is 2.35. The van der Waals surface area contributed by atoms with E-state index in [-0.39, 0.29) is 5.91 Å². The van der Waals surface area contributed by atoms with Gasteiger partial charge in [0.05, 0.1) is 32.6 Å². The average Bonchev–Trinajstić information content (AvgIpc) is 2.66. The molecule has 0 heterocycles. The zero-order valence-electron chi connectivity index (χ0n) is 15.8. The van der Waals surface area contributed by atoms with E-state index in [0.29, 0.717) is 35.1 Å². The lowest BCUT2D eigenvalue weighted by Gasteiger charge is -2.15. The second-order valence-corrected chi connectivity index (χ2v) is 5.58. The summed E-state index contributed by atoms with van der Waals surface area (Å²) in [5, 5.41) is 12.0. The van der Waals surface area contributed by atoms with Crippen molar-refractivity contribution >= 4 is 17.2 Å². The van der Waals surface area contributed by atoms with Gasteiger partial charge in [-0.25, -0.2) is 0 Å². The summed E-state index contributed by atoms with van der Waals surface area (Å²) >= 11 is 0. The number of ether oxygens (including phenoxy) is 3. The largest absolute Gasteiger partial charge is 0.495 e. The van der Waals surface area contributed by atoms with Gasteiger partial charge in [0.25, 0.3) is 0 Å². The highest BCUT2D eigenvalue weighted by Gasteiger charge is 2.13. The van der Waals surface area contributed by atoms with Crippen molar-refractivity contribution in [2.45, 2.75) is 13.8 Å². The lowest BCUT2D eigenvalue weighted by Crippen LogP contribution is -2.07. The normalized spacial score (nSPS) is 10.7. The summed E-state index contributed by atoms with van der Waals surface area (Å²) in [4.78, 5) is 11.5. The minimum atomic E-state index is -0.209. The van der Waals surface area contributed by atoms with E-state index in [1.54, 1.807) is 25.3 Å². The Morgan fingerprint density at radius 2 is 1.70 bits per heavy atom. The molecule has 6 nitrogen and oxygen atoms in total. The van der Waals surface area contributed by atoms with Crippen LogP contribution in [0.4, 0.5) is 5.69 Å². The minimum Gasteiger partial charge on any atom is -0.495 e. The van der Waals surface area contributed by atoms with E-state index in [9.17, 15) is 10.1 Å². The number of anilines is 1. The first-order valence-corrected chi connectivity index (χ1v) is 8.41. The molecule has 0 unspecified atom stereocenters. The van der Waals surface area contributed by atoms with E-state index < -0.39 is 0 Å². The zero-order valence-corrected chi connectivity index (χ0v) is 15.8. The third kappa shape index (κ3) is 4.79. The molecule has 0 aromatic heterocycles. The summed E-state index contributed by atoms with van der Waals surface area (Å²) in [6.07, 6.45) is 1.46. The minimum absolute atomic E-state index is 0.209. The smallest absolute Gasteiger partial charge is 0.221 e. The van der Waals surface area contributed by atoms with Crippen molar-refractivity contribution in [2.24, 2.45) is 0 Å². The number of nitrogens with one attached hydrogen (secondary N) is 1. The number of carbonyl (C=O) groups is 1. The summed E-state index contributed by atoms with van der Waals surface area (Å²) in [5.41, 5.74) is 2.77. The summed E-state index contributed by atoms with van der Waals surface area (Å²) in [6, 6.07) is 12.9. The molecule has 2 aromatic carbocycles. The summed E-state index contributed by atoms with van der Waals surface area (Å²) < 4.78 is 16.2. The van der Waals surface area contributed by atoms with Crippen LogP contribution in [0, 0.1) is 11.3 Å². The molecule has 27 heavy (non-hydrogen) atoms.